The Hall–Kier alpha value is -2.08. The van der Waals surface area contributed by atoms with Gasteiger partial charge in [0.2, 0.25) is 5.91 Å². The normalized spacial score (nSPS) is 12.0. The number of carbonyl (C=O) groups is 2. The molecule has 2 aromatic rings. The van der Waals surface area contributed by atoms with Gasteiger partial charge >= 0.3 is 0 Å². The highest BCUT2D eigenvalue weighted by Crippen LogP contribution is 2.22. The molecule has 2 aromatic carbocycles. The molecule has 0 bridgehead atoms. The molecule has 5 nitrogen and oxygen atoms in total. The van der Waals surface area contributed by atoms with E-state index in [0.29, 0.717) is 17.0 Å². The molecule has 0 spiro atoms. The smallest absolute Gasteiger partial charge is 0.251 e. The highest BCUT2D eigenvalue weighted by Gasteiger charge is 2.18. The van der Waals surface area contributed by atoms with E-state index in [4.69, 9.17) is 28.9 Å². The van der Waals surface area contributed by atoms with Crippen LogP contribution in [0, 0.1) is 0 Å². The van der Waals surface area contributed by atoms with Crippen molar-refractivity contribution >= 4 is 35.0 Å². The molecule has 1 unspecified atom stereocenters. The molecule has 0 heterocycles. The average molecular weight is 394 g/mol. The minimum atomic E-state index is -0.677. The summed E-state index contributed by atoms with van der Waals surface area (Å²) >= 11 is 12.0. The first kappa shape index (κ1) is 20.2. The fraction of sp³-hybridized carbons (Fsp3) is 0.263. The van der Waals surface area contributed by atoms with Crippen molar-refractivity contribution in [1.82, 2.24) is 10.2 Å². The van der Waals surface area contributed by atoms with E-state index in [2.05, 4.69) is 5.32 Å². The molecule has 0 aromatic heterocycles. The first-order chi connectivity index (χ1) is 12.3. The average Bonchev–Trinajstić information content (AvgIpc) is 2.58. The van der Waals surface area contributed by atoms with Crippen molar-refractivity contribution < 1.29 is 9.59 Å². The van der Waals surface area contributed by atoms with Crippen LogP contribution in [0.4, 0.5) is 0 Å². The first-order valence-corrected chi connectivity index (χ1v) is 8.84. The van der Waals surface area contributed by atoms with E-state index in [9.17, 15) is 9.59 Å². The van der Waals surface area contributed by atoms with Crippen LogP contribution in [0.25, 0.3) is 0 Å². The molecule has 3 N–H and O–H groups in total. The number of amides is 2. The fourth-order valence-electron chi connectivity index (χ4n) is 2.53. The Morgan fingerprint density at radius 2 is 1.88 bits per heavy atom. The minimum absolute atomic E-state index is 0.118. The van der Waals surface area contributed by atoms with Crippen LogP contribution in [0.15, 0.2) is 42.5 Å². The van der Waals surface area contributed by atoms with Crippen molar-refractivity contribution in [2.45, 2.75) is 12.5 Å². The molecule has 1 atom stereocenters. The standard InChI is InChI=1S/C19H21Cl2N3O2/c1-24(2)9-8-17(12-4-3-5-14(20)10-12)23-19(26)13-6-7-16(21)15(11-13)18(22)25/h3-7,10-11,17H,8-9H2,1-2H3,(H2,22,25)(H,23,26). The molecule has 2 rings (SSSR count). The van der Waals surface area contributed by atoms with Crippen molar-refractivity contribution in [2.75, 3.05) is 20.6 Å². The van der Waals surface area contributed by atoms with Crippen molar-refractivity contribution in [3.05, 3.63) is 69.2 Å². The molecule has 0 fully saturated rings. The van der Waals surface area contributed by atoms with Crippen LogP contribution >= 0.6 is 23.2 Å². The maximum Gasteiger partial charge on any atom is 0.251 e. The number of nitrogens with two attached hydrogens (primary N) is 1. The molecule has 0 saturated carbocycles. The zero-order chi connectivity index (χ0) is 19.3. The molecule has 138 valence electrons. The van der Waals surface area contributed by atoms with Gasteiger partial charge in [0.25, 0.3) is 5.91 Å². The SMILES string of the molecule is CN(C)CCC(NC(=O)c1ccc(Cl)c(C(N)=O)c1)c1cccc(Cl)c1. The quantitative estimate of drug-likeness (QED) is 0.755. The summed E-state index contributed by atoms with van der Waals surface area (Å²) in [5, 5.41) is 3.82. The highest BCUT2D eigenvalue weighted by molar-refractivity contribution is 6.34. The van der Waals surface area contributed by atoms with Gasteiger partial charge in [0.1, 0.15) is 0 Å². The van der Waals surface area contributed by atoms with Crippen LogP contribution in [0.3, 0.4) is 0 Å². The van der Waals surface area contributed by atoms with Crippen LogP contribution in [-0.4, -0.2) is 37.4 Å². The largest absolute Gasteiger partial charge is 0.366 e. The molecule has 0 radical (unpaired) electrons. The van der Waals surface area contributed by atoms with Gasteiger partial charge in [-0.3, -0.25) is 9.59 Å². The maximum absolute atomic E-state index is 12.7. The third kappa shape index (κ3) is 5.46. The summed E-state index contributed by atoms with van der Waals surface area (Å²) in [6.45, 7) is 0.782. The second-order valence-electron chi connectivity index (χ2n) is 6.23. The molecular formula is C19H21Cl2N3O2. The van der Waals surface area contributed by atoms with E-state index in [1.807, 2.05) is 37.2 Å². The van der Waals surface area contributed by atoms with E-state index < -0.39 is 5.91 Å². The van der Waals surface area contributed by atoms with Crippen molar-refractivity contribution in [2.24, 2.45) is 5.73 Å². The minimum Gasteiger partial charge on any atom is -0.366 e. The molecule has 0 aliphatic rings. The lowest BCUT2D eigenvalue weighted by Gasteiger charge is -2.21. The van der Waals surface area contributed by atoms with Crippen LogP contribution in [0.2, 0.25) is 10.0 Å². The zero-order valence-corrected chi connectivity index (χ0v) is 16.1. The molecule has 0 saturated heterocycles. The number of primary amides is 1. The summed E-state index contributed by atoms with van der Waals surface area (Å²) in [7, 11) is 3.93. The van der Waals surface area contributed by atoms with Crippen molar-refractivity contribution in [3.63, 3.8) is 0 Å². The topological polar surface area (TPSA) is 75.4 Å². The Balaban J connectivity index is 2.25. The van der Waals surface area contributed by atoms with Gasteiger partial charge in [-0.1, -0.05) is 35.3 Å². The van der Waals surface area contributed by atoms with Crippen molar-refractivity contribution in [1.29, 1.82) is 0 Å². The van der Waals surface area contributed by atoms with E-state index in [1.54, 1.807) is 12.1 Å². The van der Waals surface area contributed by atoms with Crippen molar-refractivity contribution in [3.8, 4) is 0 Å². The van der Waals surface area contributed by atoms with Crippen LogP contribution in [0.1, 0.15) is 38.7 Å². The van der Waals surface area contributed by atoms with Crippen LogP contribution in [0.5, 0.6) is 0 Å². The summed E-state index contributed by atoms with van der Waals surface area (Å²) < 4.78 is 0. The number of rotatable bonds is 7. The third-order valence-corrected chi connectivity index (χ3v) is 4.48. The summed E-state index contributed by atoms with van der Waals surface area (Å²) in [5.74, 6) is -0.989. The van der Waals surface area contributed by atoms with Gasteiger partial charge in [0.15, 0.2) is 0 Å². The van der Waals surface area contributed by atoms with Gasteiger partial charge < -0.3 is 16.0 Å². The predicted molar refractivity (Wildman–Crippen MR) is 105 cm³/mol. The van der Waals surface area contributed by atoms with Gasteiger partial charge in [-0.05, 0) is 63.0 Å². The Labute approximate surface area is 163 Å². The molecule has 7 heteroatoms. The second kappa shape index (κ2) is 9.03. The van der Waals surface area contributed by atoms with E-state index in [1.165, 1.54) is 12.1 Å². The Kier molecular flexibility index (Phi) is 7.03. The number of carbonyl (C=O) groups excluding carboxylic acids is 2. The maximum atomic E-state index is 12.7. The van der Waals surface area contributed by atoms with Gasteiger partial charge in [0.05, 0.1) is 16.6 Å². The molecule has 26 heavy (non-hydrogen) atoms. The lowest BCUT2D eigenvalue weighted by molar-refractivity contribution is 0.0932. The summed E-state index contributed by atoms with van der Waals surface area (Å²) in [5.41, 5.74) is 6.65. The first-order valence-electron chi connectivity index (χ1n) is 8.08. The monoisotopic (exact) mass is 393 g/mol. The Morgan fingerprint density at radius 3 is 2.50 bits per heavy atom. The molecular weight excluding hydrogens is 373 g/mol. The number of hydrogen-bond donors (Lipinski definition) is 2. The predicted octanol–water partition coefficient (Wildman–Crippen LogP) is 3.52. The molecule has 2 amide bonds. The number of benzene rings is 2. The fourth-order valence-corrected chi connectivity index (χ4v) is 2.94. The van der Waals surface area contributed by atoms with Crippen LogP contribution < -0.4 is 11.1 Å². The van der Waals surface area contributed by atoms with E-state index in [0.717, 1.165) is 12.1 Å². The number of halogens is 2. The van der Waals surface area contributed by atoms with Crippen LogP contribution in [-0.2, 0) is 0 Å². The van der Waals surface area contributed by atoms with Gasteiger partial charge in [0, 0.05) is 10.6 Å². The third-order valence-electron chi connectivity index (χ3n) is 3.92. The van der Waals surface area contributed by atoms with Gasteiger partial charge in [-0.2, -0.15) is 0 Å². The van der Waals surface area contributed by atoms with Gasteiger partial charge in [-0.15, -0.1) is 0 Å². The molecule has 0 aliphatic carbocycles. The summed E-state index contributed by atoms with van der Waals surface area (Å²) in [4.78, 5) is 26.2. The second-order valence-corrected chi connectivity index (χ2v) is 7.08. The Morgan fingerprint density at radius 1 is 1.15 bits per heavy atom. The van der Waals surface area contributed by atoms with Gasteiger partial charge in [-0.25, -0.2) is 0 Å². The van der Waals surface area contributed by atoms with E-state index >= 15 is 0 Å². The molecule has 0 aliphatic heterocycles. The number of nitrogens with one attached hydrogen (secondary N) is 1. The number of hydrogen-bond acceptors (Lipinski definition) is 3. The zero-order valence-electron chi connectivity index (χ0n) is 14.6. The summed E-state index contributed by atoms with van der Waals surface area (Å²) in [6, 6.07) is 11.6. The Bertz CT molecular complexity index is 809. The number of nitrogens with zero attached hydrogens (tertiary/aromatic N) is 1. The lowest BCUT2D eigenvalue weighted by atomic mass is 10.0. The lowest BCUT2D eigenvalue weighted by Crippen LogP contribution is -2.31. The highest BCUT2D eigenvalue weighted by atomic mass is 35.5. The summed E-state index contributed by atoms with van der Waals surface area (Å²) in [6.07, 6.45) is 0.704. The van der Waals surface area contributed by atoms with E-state index in [-0.39, 0.29) is 22.5 Å².